The number of hydrogen-bond acceptors (Lipinski definition) is 7. The molecule has 1 heterocycles. The minimum Gasteiger partial charge on any atom is -0.508 e. The minimum absolute atomic E-state index is 0.0512. The van der Waals surface area contributed by atoms with Gasteiger partial charge in [0.25, 0.3) is 0 Å². The van der Waals surface area contributed by atoms with Crippen LogP contribution in [0, 0.1) is 0 Å². The molecule has 0 atom stereocenters. The lowest BCUT2D eigenvalue weighted by atomic mass is 10.3. The number of phenols is 1. The molecule has 0 aliphatic heterocycles. The van der Waals surface area contributed by atoms with E-state index in [-0.39, 0.29) is 17.4 Å². The van der Waals surface area contributed by atoms with Crippen molar-refractivity contribution in [2.45, 2.75) is 5.16 Å². The van der Waals surface area contributed by atoms with Gasteiger partial charge in [-0.05, 0) is 59.0 Å². The number of phenolic OH excluding ortho intramolecular Hbond substituents is 1. The SMILES string of the molecule is CN(CCOc1ccc(Br)cc1)C(=O)CSc1nnnn1-c1ccc(O)cc1. The maximum atomic E-state index is 12.4. The van der Waals surface area contributed by atoms with Crippen molar-refractivity contribution in [1.82, 2.24) is 25.1 Å². The fourth-order valence-electron chi connectivity index (χ4n) is 2.22. The van der Waals surface area contributed by atoms with Crippen LogP contribution in [0.15, 0.2) is 58.2 Å². The summed E-state index contributed by atoms with van der Waals surface area (Å²) in [5, 5.41) is 21.4. The number of tetrazole rings is 1. The number of thioether (sulfide) groups is 1. The van der Waals surface area contributed by atoms with Crippen LogP contribution in [0.5, 0.6) is 11.5 Å². The van der Waals surface area contributed by atoms with Gasteiger partial charge in [0.2, 0.25) is 11.1 Å². The summed E-state index contributed by atoms with van der Waals surface area (Å²) < 4.78 is 8.15. The first-order valence-corrected chi connectivity index (χ1v) is 10.1. The molecule has 0 spiro atoms. The van der Waals surface area contributed by atoms with Gasteiger partial charge in [-0.25, -0.2) is 0 Å². The molecule has 146 valence electrons. The molecule has 2 aromatic carbocycles. The Balaban J connectivity index is 1.48. The summed E-state index contributed by atoms with van der Waals surface area (Å²) >= 11 is 4.62. The monoisotopic (exact) mass is 463 g/mol. The predicted molar refractivity (Wildman–Crippen MR) is 109 cm³/mol. The first kappa shape index (κ1) is 20.2. The third-order valence-corrected chi connectivity index (χ3v) is 5.23. The highest BCUT2D eigenvalue weighted by Gasteiger charge is 2.14. The second-order valence-electron chi connectivity index (χ2n) is 5.80. The first-order valence-electron chi connectivity index (χ1n) is 8.36. The molecule has 28 heavy (non-hydrogen) atoms. The summed E-state index contributed by atoms with van der Waals surface area (Å²) in [6.45, 7) is 0.873. The van der Waals surface area contributed by atoms with Crippen molar-refractivity contribution < 1.29 is 14.6 Å². The van der Waals surface area contributed by atoms with Crippen LogP contribution in [-0.4, -0.2) is 62.1 Å². The number of ether oxygens (including phenoxy) is 1. The van der Waals surface area contributed by atoms with Crippen LogP contribution < -0.4 is 4.74 Å². The average Bonchev–Trinajstić information content (AvgIpc) is 3.16. The largest absolute Gasteiger partial charge is 0.508 e. The first-order chi connectivity index (χ1) is 13.5. The van der Waals surface area contributed by atoms with Gasteiger partial charge in [0.05, 0.1) is 18.0 Å². The Morgan fingerprint density at radius 2 is 1.93 bits per heavy atom. The highest BCUT2D eigenvalue weighted by Crippen LogP contribution is 2.20. The maximum absolute atomic E-state index is 12.4. The molecule has 0 fully saturated rings. The van der Waals surface area contributed by atoms with Gasteiger partial charge < -0.3 is 14.7 Å². The zero-order valence-corrected chi connectivity index (χ0v) is 17.4. The Labute approximate surface area is 174 Å². The highest BCUT2D eigenvalue weighted by molar-refractivity contribution is 9.10. The van der Waals surface area contributed by atoms with Crippen molar-refractivity contribution in [3.8, 4) is 17.2 Å². The van der Waals surface area contributed by atoms with Gasteiger partial charge in [0.1, 0.15) is 18.1 Å². The molecular formula is C18H18BrN5O3S. The van der Waals surface area contributed by atoms with E-state index in [1.165, 1.54) is 16.4 Å². The molecule has 0 saturated carbocycles. The zero-order chi connectivity index (χ0) is 19.9. The maximum Gasteiger partial charge on any atom is 0.232 e. The number of nitrogens with zero attached hydrogens (tertiary/aromatic N) is 5. The molecule has 3 aromatic rings. The summed E-state index contributed by atoms with van der Waals surface area (Å²) in [4.78, 5) is 14.0. The lowest BCUT2D eigenvalue weighted by Crippen LogP contribution is -2.32. The van der Waals surface area contributed by atoms with Crippen LogP contribution in [0.2, 0.25) is 0 Å². The Morgan fingerprint density at radius 3 is 2.64 bits per heavy atom. The van der Waals surface area contributed by atoms with Gasteiger partial charge in [-0.1, -0.05) is 27.7 Å². The molecular weight excluding hydrogens is 446 g/mol. The molecule has 1 N–H and O–H groups in total. The number of carbonyl (C=O) groups excluding carboxylic acids is 1. The number of rotatable bonds is 8. The minimum atomic E-state index is -0.0512. The molecule has 0 aliphatic carbocycles. The van der Waals surface area contributed by atoms with Crippen molar-refractivity contribution in [3.63, 3.8) is 0 Å². The van der Waals surface area contributed by atoms with Crippen LogP contribution in [0.3, 0.4) is 0 Å². The molecule has 0 bridgehead atoms. The summed E-state index contributed by atoms with van der Waals surface area (Å²) in [5.74, 6) is 1.07. The Kier molecular flexibility index (Phi) is 6.88. The van der Waals surface area contributed by atoms with E-state index >= 15 is 0 Å². The smallest absolute Gasteiger partial charge is 0.232 e. The van der Waals surface area contributed by atoms with Gasteiger partial charge in [-0.15, -0.1) is 5.10 Å². The van der Waals surface area contributed by atoms with E-state index in [1.54, 1.807) is 36.2 Å². The molecule has 8 nitrogen and oxygen atoms in total. The summed E-state index contributed by atoms with van der Waals surface area (Å²) in [7, 11) is 1.73. The van der Waals surface area contributed by atoms with E-state index in [9.17, 15) is 9.90 Å². The van der Waals surface area contributed by atoms with Crippen LogP contribution in [0.4, 0.5) is 0 Å². The second kappa shape index (κ2) is 9.56. The van der Waals surface area contributed by atoms with Crippen LogP contribution in [0.25, 0.3) is 5.69 Å². The van der Waals surface area contributed by atoms with Crippen molar-refractivity contribution >= 4 is 33.6 Å². The number of carbonyl (C=O) groups is 1. The third kappa shape index (κ3) is 5.46. The topological polar surface area (TPSA) is 93.4 Å². The quantitative estimate of drug-likeness (QED) is 0.513. The molecule has 0 unspecified atom stereocenters. The van der Waals surface area contributed by atoms with E-state index in [0.717, 1.165) is 10.2 Å². The van der Waals surface area contributed by atoms with Gasteiger partial charge in [-0.3, -0.25) is 4.79 Å². The molecule has 1 amide bonds. The molecule has 0 radical (unpaired) electrons. The number of halogens is 1. The normalized spacial score (nSPS) is 10.6. The van der Waals surface area contributed by atoms with E-state index in [0.29, 0.717) is 24.0 Å². The van der Waals surface area contributed by atoms with Gasteiger partial charge >= 0.3 is 0 Å². The molecule has 0 saturated heterocycles. The molecule has 10 heteroatoms. The lowest BCUT2D eigenvalue weighted by Gasteiger charge is -2.17. The standard InChI is InChI=1S/C18H18BrN5O3S/c1-23(10-11-27-16-8-2-13(19)3-9-16)17(26)12-28-18-20-21-22-24(18)14-4-6-15(25)7-5-14/h2-9,25H,10-12H2,1H3. The number of aromatic hydroxyl groups is 1. The van der Waals surface area contributed by atoms with E-state index < -0.39 is 0 Å². The van der Waals surface area contributed by atoms with Crippen molar-refractivity contribution in [1.29, 1.82) is 0 Å². The molecule has 0 aliphatic rings. The number of hydrogen-bond donors (Lipinski definition) is 1. The zero-order valence-electron chi connectivity index (χ0n) is 15.0. The van der Waals surface area contributed by atoms with Gasteiger partial charge in [-0.2, -0.15) is 4.68 Å². The molecule has 1 aromatic heterocycles. The Hall–Kier alpha value is -2.59. The third-order valence-electron chi connectivity index (χ3n) is 3.79. The average molecular weight is 464 g/mol. The number of likely N-dealkylation sites (N-methyl/N-ethyl adjacent to an activating group) is 1. The predicted octanol–water partition coefficient (Wildman–Crippen LogP) is 2.76. The number of aromatic nitrogens is 4. The van der Waals surface area contributed by atoms with Crippen molar-refractivity contribution in [2.24, 2.45) is 0 Å². The Morgan fingerprint density at radius 1 is 1.21 bits per heavy atom. The van der Waals surface area contributed by atoms with E-state index in [4.69, 9.17) is 4.74 Å². The number of amides is 1. The highest BCUT2D eigenvalue weighted by atomic mass is 79.9. The summed E-state index contributed by atoms with van der Waals surface area (Å²) in [6, 6.07) is 14.0. The Bertz CT molecular complexity index is 918. The van der Waals surface area contributed by atoms with E-state index in [2.05, 4.69) is 31.5 Å². The molecule has 3 rings (SSSR count). The summed E-state index contributed by atoms with van der Waals surface area (Å²) in [5.41, 5.74) is 0.703. The van der Waals surface area contributed by atoms with Crippen LogP contribution in [-0.2, 0) is 4.79 Å². The van der Waals surface area contributed by atoms with Gasteiger partial charge in [0, 0.05) is 11.5 Å². The second-order valence-corrected chi connectivity index (χ2v) is 7.65. The fourth-order valence-corrected chi connectivity index (χ4v) is 3.31. The summed E-state index contributed by atoms with van der Waals surface area (Å²) in [6.07, 6.45) is 0. The van der Waals surface area contributed by atoms with Gasteiger partial charge in [0.15, 0.2) is 0 Å². The van der Waals surface area contributed by atoms with E-state index in [1.807, 2.05) is 24.3 Å². The van der Waals surface area contributed by atoms with Crippen molar-refractivity contribution in [2.75, 3.05) is 26.0 Å². The number of benzene rings is 2. The van der Waals surface area contributed by atoms with Crippen LogP contribution in [0.1, 0.15) is 0 Å². The fraction of sp³-hybridized carbons (Fsp3) is 0.222. The lowest BCUT2D eigenvalue weighted by molar-refractivity contribution is -0.127. The van der Waals surface area contributed by atoms with Crippen molar-refractivity contribution in [3.05, 3.63) is 53.0 Å². The van der Waals surface area contributed by atoms with Crippen LogP contribution >= 0.6 is 27.7 Å².